The number of ether oxygens (including phenoxy) is 1. The Morgan fingerprint density at radius 3 is 2.65 bits per heavy atom. The minimum atomic E-state index is -0.571. The Kier molecular flexibility index (Phi) is 7.56. The standard InChI is InChI=1S/C12H17N3O4.ClH/c1-13-6-7-14(2)12(16)10-8-9(19-3)4-5-11(10)15(17)18;/h4-5,8,13H,6-7H2,1-3H3;1H. The number of amides is 1. The summed E-state index contributed by atoms with van der Waals surface area (Å²) in [5.41, 5.74) is -0.190. The number of rotatable bonds is 6. The number of nitrogens with zero attached hydrogens (tertiary/aromatic N) is 2. The molecule has 112 valence electrons. The lowest BCUT2D eigenvalue weighted by atomic mass is 10.1. The van der Waals surface area contributed by atoms with Crippen molar-refractivity contribution in [3.05, 3.63) is 33.9 Å². The molecule has 0 bridgehead atoms. The van der Waals surface area contributed by atoms with Crippen LogP contribution < -0.4 is 10.1 Å². The van der Waals surface area contributed by atoms with Crippen LogP contribution in [0.2, 0.25) is 0 Å². The van der Waals surface area contributed by atoms with Crippen LogP contribution in [-0.4, -0.2) is 50.0 Å². The first-order valence-electron chi connectivity index (χ1n) is 5.73. The van der Waals surface area contributed by atoms with Gasteiger partial charge in [-0.25, -0.2) is 0 Å². The van der Waals surface area contributed by atoms with E-state index in [1.165, 1.54) is 30.2 Å². The summed E-state index contributed by atoms with van der Waals surface area (Å²) in [6.07, 6.45) is 0. The van der Waals surface area contributed by atoms with Gasteiger partial charge >= 0.3 is 0 Å². The molecule has 0 heterocycles. The predicted octanol–water partition coefficient (Wildman–Crippen LogP) is 1.32. The van der Waals surface area contributed by atoms with Gasteiger partial charge in [0, 0.05) is 26.2 Å². The quantitative estimate of drug-likeness (QED) is 0.633. The number of halogens is 1. The van der Waals surface area contributed by atoms with Crippen molar-refractivity contribution in [2.45, 2.75) is 0 Å². The van der Waals surface area contributed by atoms with Gasteiger partial charge in [-0.3, -0.25) is 14.9 Å². The van der Waals surface area contributed by atoms with Gasteiger partial charge in [-0.1, -0.05) is 0 Å². The second-order valence-electron chi connectivity index (χ2n) is 3.97. The molecule has 0 unspecified atom stereocenters. The number of likely N-dealkylation sites (N-methyl/N-ethyl adjacent to an activating group) is 2. The molecular weight excluding hydrogens is 286 g/mol. The van der Waals surface area contributed by atoms with E-state index in [2.05, 4.69) is 5.32 Å². The van der Waals surface area contributed by atoms with Crippen molar-refractivity contribution >= 4 is 24.0 Å². The smallest absolute Gasteiger partial charge is 0.282 e. The molecule has 1 aromatic carbocycles. The van der Waals surface area contributed by atoms with Crippen LogP contribution in [0.15, 0.2) is 18.2 Å². The summed E-state index contributed by atoms with van der Waals surface area (Å²) in [7, 11) is 4.81. The van der Waals surface area contributed by atoms with E-state index in [4.69, 9.17) is 4.74 Å². The molecular formula is C12H18ClN3O4. The highest BCUT2D eigenvalue weighted by Crippen LogP contribution is 2.24. The minimum absolute atomic E-state index is 0. The Bertz CT molecular complexity index is 482. The fourth-order valence-corrected chi connectivity index (χ4v) is 1.56. The molecule has 8 heteroatoms. The van der Waals surface area contributed by atoms with Gasteiger partial charge in [-0.2, -0.15) is 0 Å². The summed E-state index contributed by atoms with van der Waals surface area (Å²) in [6, 6.07) is 4.12. The first kappa shape index (κ1) is 18.1. The number of benzene rings is 1. The molecule has 0 saturated carbocycles. The summed E-state index contributed by atoms with van der Waals surface area (Å²) in [6.45, 7) is 1.07. The van der Waals surface area contributed by atoms with Gasteiger partial charge in [0.1, 0.15) is 11.3 Å². The fraction of sp³-hybridized carbons (Fsp3) is 0.417. The molecule has 1 amide bonds. The lowest BCUT2D eigenvalue weighted by molar-refractivity contribution is -0.385. The number of carbonyl (C=O) groups is 1. The lowest BCUT2D eigenvalue weighted by Gasteiger charge is -2.17. The highest BCUT2D eigenvalue weighted by molar-refractivity contribution is 5.98. The summed E-state index contributed by atoms with van der Waals surface area (Å²) in [4.78, 5) is 24.0. The molecule has 1 aromatic rings. The van der Waals surface area contributed by atoms with Crippen LogP contribution in [0.25, 0.3) is 0 Å². The van der Waals surface area contributed by atoms with Crippen molar-refractivity contribution in [3.8, 4) is 5.75 Å². The molecule has 0 fully saturated rings. The number of carbonyl (C=O) groups excluding carboxylic acids is 1. The summed E-state index contributed by atoms with van der Waals surface area (Å²) in [5.74, 6) is 0.0109. The molecule has 0 radical (unpaired) electrons. The first-order valence-corrected chi connectivity index (χ1v) is 5.73. The molecule has 0 atom stereocenters. The zero-order valence-corrected chi connectivity index (χ0v) is 12.4. The molecule has 0 aliphatic carbocycles. The van der Waals surface area contributed by atoms with E-state index in [9.17, 15) is 14.9 Å². The molecule has 0 aliphatic rings. The van der Waals surface area contributed by atoms with Crippen molar-refractivity contribution in [1.29, 1.82) is 0 Å². The zero-order valence-electron chi connectivity index (χ0n) is 11.6. The van der Waals surface area contributed by atoms with E-state index < -0.39 is 10.8 Å². The van der Waals surface area contributed by atoms with Gasteiger partial charge in [0.05, 0.1) is 12.0 Å². The van der Waals surface area contributed by atoms with E-state index in [1.807, 2.05) is 0 Å². The van der Waals surface area contributed by atoms with E-state index >= 15 is 0 Å². The first-order chi connectivity index (χ1) is 9.01. The van der Waals surface area contributed by atoms with Crippen LogP contribution in [0.4, 0.5) is 5.69 Å². The maximum absolute atomic E-state index is 12.2. The largest absolute Gasteiger partial charge is 0.497 e. The molecule has 20 heavy (non-hydrogen) atoms. The van der Waals surface area contributed by atoms with Crippen molar-refractivity contribution in [2.75, 3.05) is 34.3 Å². The van der Waals surface area contributed by atoms with Gasteiger partial charge in [0.25, 0.3) is 11.6 Å². The molecule has 1 rings (SSSR count). The van der Waals surface area contributed by atoms with Crippen LogP contribution >= 0.6 is 12.4 Å². The molecule has 7 nitrogen and oxygen atoms in total. The topological polar surface area (TPSA) is 84.7 Å². The van der Waals surface area contributed by atoms with Crippen LogP contribution in [0.1, 0.15) is 10.4 Å². The Balaban J connectivity index is 0.00000361. The highest BCUT2D eigenvalue weighted by atomic mass is 35.5. The highest BCUT2D eigenvalue weighted by Gasteiger charge is 2.23. The number of hydrogen-bond acceptors (Lipinski definition) is 5. The number of methoxy groups -OCH3 is 1. The van der Waals surface area contributed by atoms with Crippen molar-refractivity contribution in [2.24, 2.45) is 0 Å². The van der Waals surface area contributed by atoms with Gasteiger partial charge in [0.15, 0.2) is 0 Å². The fourth-order valence-electron chi connectivity index (χ4n) is 1.56. The zero-order chi connectivity index (χ0) is 14.4. The minimum Gasteiger partial charge on any atom is -0.497 e. The second-order valence-corrected chi connectivity index (χ2v) is 3.97. The SMILES string of the molecule is CNCCN(C)C(=O)c1cc(OC)ccc1[N+](=O)[O-].Cl. The maximum atomic E-state index is 12.2. The number of nitro groups is 1. The third-order valence-electron chi connectivity index (χ3n) is 2.67. The van der Waals surface area contributed by atoms with Crippen LogP contribution in [0.5, 0.6) is 5.75 Å². The summed E-state index contributed by atoms with van der Waals surface area (Å²) < 4.78 is 4.99. The van der Waals surface area contributed by atoms with Crippen LogP contribution in [-0.2, 0) is 0 Å². The molecule has 0 saturated heterocycles. The van der Waals surface area contributed by atoms with Crippen LogP contribution in [0, 0.1) is 10.1 Å². The van der Waals surface area contributed by atoms with E-state index in [0.717, 1.165) is 0 Å². The predicted molar refractivity (Wildman–Crippen MR) is 77.8 cm³/mol. The Hall–Kier alpha value is -1.86. The van der Waals surface area contributed by atoms with E-state index in [1.54, 1.807) is 14.1 Å². The van der Waals surface area contributed by atoms with Crippen molar-refractivity contribution in [3.63, 3.8) is 0 Å². The van der Waals surface area contributed by atoms with E-state index in [-0.39, 0.29) is 23.7 Å². The summed E-state index contributed by atoms with van der Waals surface area (Å²) >= 11 is 0. The van der Waals surface area contributed by atoms with E-state index in [0.29, 0.717) is 18.8 Å². The Morgan fingerprint density at radius 2 is 2.15 bits per heavy atom. The normalized spacial score (nSPS) is 9.55. The van der Waals surface area contributed by atoms with Gasteiger partial charge in [0.2, 0.25) is 0 Å². The average Bonchev–Trinajstić information content (AvgIpc) is 2.42. The number of hydrogen-bond donors (Lipinski definition) is 1. The lowest BCUT2D eigenvalue weighted by Crippen LogP contribution is -2.33. The Morgan fingerprint density at radius 1 is 1.50 bits per heavy atom. The average molecular weight is 304 g/mol. The second kappa shape index (κ2) is 8.34. The molecule has 1 N–H and O–H groups in total. The number of nitro benzene ring substituents is 1. The van der Waals surface area contributed by atoms with Gasteiger partial charge < -0.3 is 15.0 Å². The van der Waals surface area contributed by atoms with Crippen molar-refractivity contribution in [1.82, 2.24) is 10.2 Å². The van der Waals surface area contributed by atoms with Gasteiger partial charge in [-0.15, -0.1) is 12.4 Å². The Labute approximate surface area is 123 Å². The summed E-state index contributed by atoms with van der Waals surface area (Å²) in [5, 5.41) is 13.9. The molecule has 0 aliphatic heterocycles. The number of nitrogens with one attached hydrogen (secondary N) is 1. The maximum Gasteiger partial charge on any atom is 0.282 e. The van der Waals surface area contributed by atoms with Crippen molar-refractivity contribution < 1.29 is 14.5 Å². The molecule has 0 aromatic heterocycles. The monoisotopic (exact) mass is 303 g/mol. The third-order valence-corrected chi connectivity index (χ3v) is 2.67. The third kappa shape index (κ3) is 4.36. The van der Waals surface area contributed by atoms with Crippen LogP contribution in [0.3, 0.4) is 0 Å². The molecule has 0 spiro atoms. The van der Waals surface area contributed by atoms with Gasteiger partial charge in [-0.05, 0) is 19.2 Å².